The minimum absolute atomic E-state index is 0.0532. The quantitative estimate of drug-likeness (QED) is 0.876. The van der Waals surface area contributed by atoms with E-state index in [-0.39, 0.29) is 17.8 Å². The molecule has 116 valence electrons. The third kappa shape index (κ3) is 4.27. The fraction of sp³-hybridized carbons (Fsp3) is 0.588. The molecule has 1 fully saturated rings. The third-order valence-electron chi connectivity index (χ3n) is 4.20. The van der Waals surface area contributed by atoms with Crippen LogP contribution in [0.1, 0.15) is 49.3 Å². The van der Waals surface area contributed by atoms with Crippen molar-refractivity contribution >= 4 is 5.91 Å². The van der Waals surface area contributed by atoms with Crippen molar-refractivity contribution in [1.29, 1.82) is 0 Å². The van der Waals surface area contributed by atoms with E-state index in [1.54, 1.807) is 13.8 Å². The molecule has 0 aromatic heterocycles. The van der Waals surface area contributed by atoms with Crippen LogP contribution < -0.4 is 10.6 Å². The van der Waals surface area contributed by atoms with E-state index < -0.39 is 0 Å². The van der Waals surface area contributed by atoms with Gasteiger partial charge in [-0.3, -0.25) is 4.79 Å². The van der Waals surface area contributed by atoms with Crippen molar-refractivity contribution in [3.05, 3.63) is 34.6 Å². The average molecular weight is 292 g/mol. The highest BCUT2D eigenvalue weighted by atomic mass is 19.1. The zero-order chi connectivity index (χ0) is 15.4. The molecular weight excluding hydrogens is 267 g/mol. The topological polar surface area (TPSA) is 41.1 Å². The molecule has 0 bridgehead atoms. The number of hydrogen-bond acceptors (Lipinski definition) is 2. The Morgan fingerprint density at radius 2 is 1.86 bits per heavy atom. The molecule has 1 unspecified atom stereocenters. The van der Waals surface area contributed by atoms with Gasteiger partial charge in [-0.2, -0.15) is 0 Å². The number of amides is 1. The standard InChI is InChI=1S/C17H25FN2O/c1-11-8-14(9-12(2)16(11)18)10-19-13(3)17(21)20-15-6-4-5-7-15/h8-9,13,15,19H,4-7,10H2,1-3H3,(H,20,21). The van der Waals surface area contributed by atoms with E-state index >= 15 is 0 Å². The first-order chi connectivity index (χ1) is 9.97. The second kappa shape index (κ2) is 7.03. The molecule has 0 heterocycles. The SMILES string of the molecule is Cc1cc(CNC(C)C(=O)NC2CCCC2)cc(C)c1F. The molecule has 1 aromatic rings. The zero-order valence-corrected chi connectivity index (χ0v) is 13.1. The summed E-state index contributed by atoms with van der Waals surface area (Å²) >= 11 is 0. The Kier molecular flexibility index (Phi) is 5.34. The van der Waals surface area contributed by atoms with E-state index in [9.17, 15) is 9.18 Å². The molecule has 2 N–H and O–H groups in total. The fourth-order valence-electron chi connectivity index (χ4n) is 2.90. The number of aryl methyl sites for hydroxylation is 2. The summed E-state index contributed by atoms with van der Waals surface area (Å²) in [5, 5.41) is 6.30. The van der Waals surface area contributed by atoms with E-state index in [1.807, 2.05) is 19.1 Å². The Hall–Kier alpha value is -1.42. The van der Waals surface area contributed by atoms with Crippen molar-refractivity contribution in [2.24, 2.45) is 0 Å². The minimum Gasteiger partial charge on any atom is -0.352 e. The van der Waals surface area contributed by atoms with Crippen LogP contribution in [0, 0.1) is 19.7 Å². The van der Waals surface area contributed by atoms with Crippen LogP contribution in [-0.4, -0.2) is 18.0 Å². The zero-order valence-electron chi connectivity index (χ0n) is 13.1. The van der Waals surface area contributed by atoms with Gasteiger partial charge in [-0.05, 0) is 50.3 Å². The maximum atomic E-state index is 13.6. The van der Waals surface area contributed by atoms with Gasteiger partial charge in [-0.1, -0.05) is 25.0 Å². The van der Waals surface area contributed by atoms with E-state index in [4.69, 9.17) is 0 Å². The van der Waals surface area contributed by atoms with Crippen molar-refractivity contribution in [2.45, 2.75) is 65.1 Å². The molecule has 1 amide bonds. The van der Waals surface area contributed by atoms with Gasteiger partial charge in [-0.15, -0.1) is 0 Å². The first-order valence-electron chi connectivity index (χ1n) is 7.76. The van der Waals surface area contributed by atoms with Crippen molar-refractivity contribution < 1.29 is 9.18 Å². The molecule has 1 aromatic carbocycles. The second-order valence-electron chi connectivity index (χ2n) is 6.14. The lowest BCUT2D eigenvalue weighted by atomic mass is 10.1. The number of carbonyl (C=O) groups excluding carboxylic acids is 1. The lowest BCUT2D eigenvalue weighted by Gasteiger charge is -2.18. The van der Waals surface area contributed by atoms with Gasteiger partial charge in [0, 0.05) is 12.6 Å². The summed E-state index contributed by atoms with van der Waals surface area (Å²) in [6.07, 6.45) is 4.60. The molecule has 0 saturated heterocycles. The van der Waals surface area contributed by atoms with Gasteiger partial charge in [-0.25, -0.2) is 4.39 Å². The highest BCUT2D eigenvalue weighted by Gasteiger charge is 2.20. The van der Waals surface area contributed by atoms with Crippen LogP contribution in [0.5, 0.6) is 0 Å². The number of hydrogen-bond donors (Lipinski definition) is 2. The first-order valence-corrected chi connectivity index (χ1v) is 7.76. The van der Waals surface area contributed by atoms with Crippen LogP contribution in [0.4, 0.5) is 4.39 Å². The van der Waals surface area contributed by atoms with Crippen LogP contribution in [0.15, 0.2) is 12.1 Å². The smallest absolute Gasteiger partial charge is 0.237 e. The molecule has 0 radical (unpaired) electrons. The molecule has 0 spiro atoms. The second-order valence-corrected chi connectivity index (χ2v) is 6.14. The summed E-state index contributed by atoms with van der Waals surface area (Å²) in [5.41, 5.74) is 2.30. The number of benzene rings is 1. The number of carbonyl (C=O) groups is 1. The minimum atomic E-state index is -0.240. The normalized spacial score (nSPS) is 17.0. The lowest BCUT2D eigenvalue weighted by Crippen LogP contribution is -2.45. The van der Waals surface area contributed by atoms with Gasteiger partial charge in [0.05, 0.1) is 6.04 Å². The van der Waals surface area contributed by atoms with Crippen LogP contribution in [0.3, 0.4) is 0 Å². The largest absolute Gasteiger partial charge is 0.352 e. The fourth-order valence-corrected chi connectivity index (χ4v) is 2.90. The van der Waals surface area contributed by atoms with Gasteiger partial charge >= 0.3 is 0 Å². The molecular formula is C17H25FN2O. The molecule has 1 aliphatic rings. The monoisotopic (exact) mass is 292 g/mol. The number of halogens is 1. The number of rotatable bonds is 5. The van der Waals surface area contributed by atoms with Crippen LogP contribution >= 0.6 is 0 Å². The molecule has 3 nitrogen and oxygen atoms in total. The predicted molar refractivity (Wildman–Crippen MR) is 82.6 cm³/mol. The maximum Gasteiger partial charge on any atom is 0.237 e. The Labute approximate surface area is 126 Å². The number of nitrogens with one attached hydrogen (secondary N) is 2. The van der Waals surface area contributed by atoms with Crippen LogP contribution in [0.25, 0.3) is 0 Å². The predicted octanol–water partition coefficient (Wildman–Crippen LogP) is 2.98. The molecule has 0 aliphatic heterocycles. The molecule has 1 aliphatic carbocycles. The van der Waals surface area contributed by atoms with Gasteiger partial charge in [0.15, 0.2) is 0 Å². The van der Waals surface area contributed by atoms with Gasteiger partial charge in [0.2, 0.25) is 5.91 Å². The van der Waals surface area contributed by atoms with Crippen LogP contribution in [0.2, 0.25) is 0 Å². The molecule has 1 atom stereocenters. The highest BCUT2D eigenvalue weighted by molar-refractivity contribution is 5.81. The first kappa shape index (κ1) is 16.0. The Morgan fingerprint density at radius 3 is 2.43 bits per heavy atom. The third-order valence-corrected chi connectivity index (χ3v) is 4.20. The lowest BCUT2D eigenvalue weighted by molar-refractivity contribution is -0.123. The summed E-state index contributed by atoms with van der Waals surface area (Å²) in [6.45, 7) is 5.97. The maximum absolute atomic E-state index is 13.6. The van der Waals surface area contributed by atoms with Crippen LogP contribution in [-0.2, 0) is 11.3 Å². The van der Waals surface area contributed by atoms with Crippen molar-refractivity contribution in [1.82, 2.24) is 10.6 Å². The Bertz CT molecular complexity index is 487. The summed E-state index contributed by atoms with van der Waals surface area (Å²) in [6, 6.07) is 3.77. The Balaban J connectivity index is 1.85. The average Bonchev–Trinajstić information content (AvgIpc) is 2.94. The highest BCUT2D eigenvalue weighted by Crippen LogP contribution is 2.18. The van der Waals surface area contributed by atoms with E-state index in [0.717, 1.165) is 18.4 Å². The van der Waals surface area contributed by atoms with Crippen molar-refractivity contribution in [2.75, 3.05) is 0 Å². The van der Waals surface area contributed by atoms with E-state index in [1.165, 1.54) is 12.8 Å². The van der Waals surface area contributed by atoms with E-state index in [2.05, 4.69) is 10.6 Å². The summed E-state index contributed by atoms with van der Waals surface area (Å²) in [5.74, 6) is -0.0942. The molecule has 4 heteroatoms. The van der Waals surface area contributed by atoms with Gasteiger partial charge in [0.25, 0.3) is 0 Å². The molecule has 2 rings (SSSR count). The summed E-state index contributed by atoms with van der Waals surface area (Å²) in [4.78, 5) is 12.1. The molecule has 21 heavy (non-hydrogen) atoms. The summed E-state index contributed by atoms with van der Waals surface area (Å²) < 4.78 is 13.6. The van der Waals surface area contributed by atoms with Gasteiger partial charge < -0.3 is 10.6 Å². The van der Waals surface area contributed by atoms with E-state index in [0.29, 0.717) is 23.7 Å². The summed E-state index contributed by atoms with van der Waals surface area (Å²) in [7, 11) is 0. The van der Waals surface area contributed by atoms with Crippen molar-refractivity contribution in [3.8, 4) is 0 Å². The molecule has 1 saturated carbocycles. The Morgan fingerprint density at radius 1 is 1.29 bits per heavy atom. The van der Waals surface area contributed by atoms with Gasteiger partial charge in [0.1, 0.15) is 5.82 Å². The van der Waals surface area contributed by atoms with Crippen molar-refractivity contribution in [3.63, 3.8) is 0 Å².